The van der Waals surface area contributed by atoms with Gasteiger partial charge in [0.15, 0.2) is 0 Å². The van der Waals surface area contributed by atoms with Crippen molar-refractivity contribution in [2.24, 2.45) is 0 Å². The molecule has 0 bridgehead atoms. The van der Waals surface area contributed by atoms with Crippen molar-refractivity contribution in [2.45, 2.75) is 32.1 Å². The first-order valence-corrected chi connectivity index (χ1v) is 5.49. The van der Waals surface area contributed by atoms with E-state index in [9.17, 15) is 0 Å². The molecule has 0 unspecified atom stereocenters. The van der Waals surface area contributed by atoms with Crippen molar-refractivity contribution < 1.29 is 0 Å². The van der Waals surface area contributed by atoms with Gasteiger partial charge in [-0.3, -0.25) is 0 Å². The summed E-state index contributed by atoms with van der Waals surface area (Å²) >= 11 is 4.86. The van der Waals surface area contributed by atoms with Crippen LogP contribution in [0.3, 0.4) is 0 Å². The Balaban J connectivity index is 2.49. The average molecular weight is 348 g/mol. The third-order valence-electron chi connectivity index (χ3n) is 1.72. The van der Waals surface area contributed by atoms with Crippen molar-refractivity contribution in [1.82, 2.24) is 0 Å². The number of allylic oxidation sites excluding steroid dienone is 1. The van der Waals surface area contributed by atoms with Gasteiger partial charge in [-0.15, -0.1) is 0 Å². The monoisotopic (exact) mass is 348 g/mol. The van der Waals surface area contributed by atoms with Crippen LogP contribution in [0.2, 0.25) is 0 Å². The smallest absolute Gasteiger partial charge is 0.0506 e. The van der Waals surface area contributed by atoms with Crippen LogP contribution in [0, 0.1) is 0 Å². The summed E-state index contributed by atoms with van der Waals surface area (Å²) in [6, 6.07) is 0. The summed E-state index contributed by atoms with van der Waals surface area (Å²) in [5.74, 6) is 0. The van der Waals surface area contributed by atoms with Gasteiger partial charge in [-0.2, -0.15) is 0 Å². The van der Waals surface area contributed by atoms with Gasteiger partial charge in [0.1, 0.15) is 0 Å². The molecule has 0 aromatic rings. The highest BCUT2D eigenvalue weighted by Crippen LogP contribution is 2.31. The predicted molar refractivity (Wildman–Crippen MR) is 58.2 cm³/mol. The van der Waals surface area contributed by atoms with Gasteiger partial charge in [0.2, 0.25) is 0 Å². The van der Waals surface area contributed by atoms with Gasteiger partial charge < -0.3 is 0 Å². The molecular weight excluding hydrogens is 338 g/mol. The maximum Gasteiger partial charge on any atom is 0.0506 e. The van der Waals surface area contributed by atoms with Crippen molar-refractivity contribution in [3.05, 3.63) is 7.16 Å². The van der Waals surface area contributed by atoms with Crippen molar-refractivity contribution in [2.75, 3.05) is 0 Å². The topological polar surface area (TPSA) is 0 Å². The first-order chi connectivity index (χ1) is 4.30. The van der Waals surface area contributed by atoms with E-state index in [-0.39, 0.29) is 0 Å². The molecule has 0 aliphatic heterocycles. The highest BCUT2D eigenvalue weighted by molar-refractivity contribution is 14.2. The lowest BCUT2D eigenvalue weighted by Crippen LogP contribution is -1.93. The van der Waals surface area contributed by atoms with Crippen LogP contribution < -0.4 is 0 Å². The standard InChI is InChI=1S/C7H10I2/c8-7(9)6-4-2-1-3-5-6/h1-5H2. The third-order valence-corrected chi connectivity index (χ3v) is 3.25. The Labute approximate surface area is 83.8 Å². The summed E-state index contributed by atoms with van der Waals surface area (Å²) < 4.78 is 1.50. The first-order valence-electron chi connectivity index (χ1n) is 3.34. The van der Waals surface area contributed by atoms with Gasteiger partial charge in [-0.05, 0) is 70.9 Å². The van der Waals surface area contributed by atoms with Gasteiger partial charge in [-0.1, -0.05) is 12.0 Å². The lowest BCUT2D eigenvalue weighted by Gasteiger charge is -2.13. The number of halogens is 2. The molecule has 0 spiro atoms. The molecule has 52 valence electrons. The Morgan fingerprint density at radius 1 is 1.00 bits per heavy atom. The second-order valence-corrected chi connectivity index (χ2v) is 6.65. The maximum atomic E-state index is 2.43. The molecule has 1 rings (SSSR count). The van der Waals surface area contributed by atoms with E-state index in [4.69, 9.17) is 0 Å². The molecule has 0 radical (unpaired) electrons. The lowest BCUT2D eigenvalue weighted by atomic mass is 9.97. The molecule has 0 nitrogen and oxygen atoms in total. The molecule has 0 saturated heterocycles. The Morgan fingerprint density at radius 3 is 1.89 bits per heavy atom. The van der Waals surface area contributed by atoms with Gasteiger partial charge in [0.05, 0.1) is 1.59 Å². The summed E-state index contributed by atoms with van der Waals surface area (Å²) in [4.78, 5) is 0. The molecule has 0 atom stereocenters. The molecular formula is C7H10I2. The molecule has 0 aromatic carbocycles. The van der Waals surface area contributed by atoms with E-state index in [2.05, 4.69) is 45.2 Å². The number of rotatable bonds is 0. The van der Waals surface area contributed by atoms with Crippen LogP contribution in [0.5, 0.6) is 0 Å². The minimum absolute atomic E-state index is 1.36. The van der Waals surface area contributed by atoms with Gasteiger partial charge in [0, 0.05) is 0 Å². The minimum Gasteiger partial charge on any atom is -0.0527 e. The maximum absolute atomic E-state index is 2.43. The van der Waals surface area contributed by atoms with E-state index < -0.39 is 0 Å². The van der Waals surface area contributed by atoms with Crippen molar-refractivity contribution >= 4 is 45.2 Å². The van der Waals surface area contributed by atoms with Gasteiger partial charge >= 0.3 is 0 Å². The largest absolute Gasteiger partial charge is 0.0527 e. The molecule has 0 heterocycles. The van der Waals surface area contributed by atoms with Crippen molar-refractivity contribution in [1.29, 1.82) is 0 Å². The molecule has 1 fully saturated rings. The fourth-order valence-electron chi connectivity index (χ4n) is 1.17. The van der Waals surface area contributed by atoms with E-state index in [0.29, 0.717) is 0 Å². The van der Waals surface area contributed by atoms with E-state index in [0.717, 1.165) is 0 Å². The SMILES string of the molecule is IC(I)=C1CCCCC1. The van der Waals surface area contributed by atoms with E-state index >= 15 is 0 Å². The minimum atomic E-state index is 1.36. The summed E-state index contributed by atoms with van der Waals surface area (Å²) in [6.07, 6.45) is 7.02. The fraction of sp³-hybridized carbons (Fsp3) is 0.714. The van der Waals surface area contributed by atoms with Crippen LogP contribution in [0.1, 0.15) is 32.1 Å². The molecule has 0 aromatic heterocycles. The molecule has 0 amide bonds. The summed E-state index contributed by atoms with van der Waals surface area (Å²) in [5.41, 5.74) is 1.70. The molecule has 9 heavy (non-hydrogen) atoms. The Bertz CT molecular complexity index is 115. The van der Waals surface area contributed by atoms with Crippen molar-refractivity contribution in [3.63, 3.8) is 0 Å². The van der Waals surface area contributed by atoms with Gasteiger partial charge in [-0.25, -0.2) is 0 Å². The van der Waals surface area contributed by atoms with Crippen LogP contribution in [0.25, 0.3) is 0 Å². The molecule has 1 saturated carbocycles. The molecule has 1 aliphatic carbocycles. The Morgan fingerprint density at radius 2 is 1.56 bits per heavy atom. The van der Waals surface area contributed by atoms with Crippen LogP contribution >= 0.6 is 45.2 Å². The predicted octanol–water partition coefficient (Wildman–Crippen LogP) is 4.03. The molecule has 0 N–H and O–H groups in total. The number of hydrogen-bond donors (Lipinski definition) is 0. The van der Waals surface area contributed by atoms with Crippen LogP contribution in [0.4, 0.5) is 0 Å². The lowest BCUT2D eigenvalue weighted by molar-refractivity contribution is 0.600. The first kappa shape index (κ1) is 8.30. The summed E-state index contributed by atoms with van der Waals surface area (Å²) in [7, 11) is 0. The van der Waals surface area contributed by atoms with E-state index in [1.807, 2.05) is 0 Å². The second kappa shape index (κ2) is 4.16. The molecule has 2 heteroatoms. The van der Waals surface area contributed by atoms with E-state index in [1.54, 1.807) is 5.57 Å². The Hall–Kier alpha value is 1.20. The number of hydrogen-bond acceptors (Lipinski definition) is 0. The average Bonchev–Trinajstić information content (AvgIpc) is 1.90. The fourth-order valence-corrected chi connectivity index (χ4v) is 2.25. The summed E-state index contributed by atoms with van der Waals surface area (Å²) in [5, 5.41) is 0. The quantitative estimate of drug-likeness (QED) is 0.580. The zero-order valence-electron chi connectivity index (χ0n) is 5.29. The second-order valence-electron chi connectivity index (χ2n) is 2.42. The highest BCUT2D eigenvalue weighted by atomic mass is 127. The van der Waals surface area contributed by atoms with E-state index in [1.165, 1.54) is 33.7 Å². The van der Waals surface area contributed by atoms with Crippen LogP contribution in [-0.4, -0.2) is 0 Å². The normalized spacial score (nSPS) is 20.0. The third kappa shape index (κ3) is 2.74. The zero-order valence-corrected chi connectivity index (χ0v) is 9.61. The highest BCUT2D eigenvalue weighted by Gasteiger charge is 2.06. The Kier molecular flexibility index (Phi) is 3.83. The molecule has 1 aliphatic rings. The van der Waals surface area contributed by atoms with Crippen molar-refractivity contribution in [3.8, 4) is 0 Å². The zero-order chi connectivity index (χ0) is 6.69. The summed E-state index contributed by atoms with van der Waals surface area (Å²) in [6.45, 7) is 0. The van der Waals surface area contributed by atoms with Gasteiger partial charge in [0.25, 0.3) is 0 Å². The van der Waals surface area contributed by atoms with Crippen LogP contribution in [-0.2, 0) is 0 Å². The van der Waals surface area contributed by atoms with Crippen LogP contribution in [0.15, 0.2) is 7.16 Å².